The zero-order chi connectivity index (χ0) is 8.55. The molecule has 0 bridgehead atoms. The zero-order valence-corrected chi connectivity index (χ0v) is 7.43. The van der Waals surface area contributed by atoms with Crippen molar-refractivity contribution in [3.8, 4) is 0 Å². The molecule has 1 atom stereocenters. The van der Waals surface area contributed by atoms with E-state index in [1.165, 1.54) is 5.57 Å². The predicted molar refractivity (Wildman–Crippen MR) is 45.6 cm³/mol. The number of fused-ring (bicyclic) bond motifs is 1. The molecular formula is C10H14O2. The third-order valence-corrected chi connectivity index (χ3v) is 2.89. The molecule has 0 N–H and O–H groups in total. The van der Waals surface area contributed by atoms with Crippen molar-refractivity contribution in [1.82, 2.24) is 0 Å². The van der Waals surface area contributed by atoms with Gasteiger partial charge in [0, 0.05) is 5.57 Å². The number of carbonyl (C=O) groups excluding carboxylic acids is 1. The number of hydrogen-bond acceptors (Lipinski definition) is 2. The first-order valence-electron chi connectivity index (χ1n) is 4.66. The number of cyclic esters (lactones) is 1. The van der Waals surface area contributed by atoms with Gasteiger partial charge < -0.3 is 4.74 Å². The third kappa shape index (κ3) is 1.15. The number of esters is 1. The van der Waals surface area contributed by atoms with Gasteiger partial charge in [-0.05, 0) is 38.5 Å². The van der Waals surface area contributed by atoms with Crippen molar-refractivity contribution in [3.63, 3.8) is 0 Å². The minimum atomic E-state index is -0.0486. The van der Waals surface area contributed by atoms with Gasteiger partial charge in [0.1, 0.15) is 0 Å². The minimum absolute atomic E-state index is 0.0486. The second-order valence-corrected chi connectivity index (χ2v) is 3.71. The molecule has 0 aromatic carbocycles. The van der Waals surface area contributed by atoms with Crippen LogP contribution in [0.15, 0.2) is 11.1 Å². The molecule has 0 aromatic rings. The maximum absolute atomic E-state index is 11.4. The van der Waals surface area contributed by atoms with Crippen molar-refractivity contribution in [2.24, 2.45) is 5.92 Å². The van der Waals surface area contributed by atoms with E-state index in [-0.39, 0.29) is 5.97 Å². The van der Waals surface area contributed by atoms with Crippen molar-refractivity contribution in [2.75, 3.05) is 6.61 Å². The number of rotatable bonds is 0. The van der Waals surface area contributed by atoms with Gasteiger partial charge in [-0.25, -0.2) is 4.79 Å². The number of ether oxygens (including phenoxy) is 1. The zero-order valence-electron chi connectivity index (χ0n) is 7.43. The monoisotopic (exact) mass is 166 g/mol. The van der Waals surface area contributed by atoms with Gasteiger partial charge >= 0.3 is 5.97 Å². The Labute approximate surface area is 72.6 Å². The third-order valence-electron chi connectivity index (χ3n) is 2.89. The van der Waals surface area contributed by atoms with Crippen molar-refractivity contribution < 1.29 is 9.53 Å². The van der Waals surface area contributed by atoms with Crippen LogP contribution in [-0.2, 0) is 9.53 Å². The van der Waals surface area contributed by atoms with Gasteiger partial charge in [0.05, 0.1) is 6.61 Å². The minimum Gasteiger partial charge on any atom is -0.462 e. The fraction of sp³-hybridized carbons (Fsp3) is 0.700. The average Bonchev–Trinajstić information content (AvgIpc) is 2.29. The van der Waals surface area contributed by atoms with Crippen LogP contribution >= 0.6 is 0 Å². The molecule has 1 heterocycles. The summed E-state index contributed by atoms with van der Waals surface area (Å²) in [7, 11) is 0. The molecule has 1 unspecified atom stereocenters. The van der Waals surface area contributed by atoms with Crippen molar-refractivity contribution >= 4 is 5.97 Å². The standard InChI is InChI=1S/C10H14O2/c1-7-4-5-8-3-2-6-12-10(11)9(7)8/h8H,2-6H2,1H3. The second kappa shape index (κ2) is 2.92. The largest absolute Gasteiger partial charge is 0.462 e. The molecule has 1 saturated heterocycles. The second-order valence-electron chi connectivity index (χ2n) is 3.71. The molecule has 2 rings (SSSR count). The van der Waals surface area contributed by atoms with Gasteiger partial charge in [-0.15, -0.1) is 0 Å². The van der Waals surface area contributed by atoms with E-state index in [9.17, 15) is 4.79 Å². The molecule has 1 aliphatic heterocycles. The average molecular weight is 166 g/mol. The molecule has 2 nitrogen and oxygen atoms in total. The Kier molecular flexibility index (Phi) is 1.91. The Morgan fingerprint density at radius 2 is 2.25 bits per heavy atom. The SMILES string of the molecule is CC1=C2C(=O)OCCCC2CC1. The molecule has 66 valence electrons. The molecular weight excluding hydrogens is 152 g/mol. The van der Waals surface area contributed by atoms with E-state index in [2.05, 4.69) is 6.92 Å². The van der Waals surface area contributed by atoms with E-state index >= 15 is 0 Å². The van der Waals surface area contributed by atoms with Gasteiger partial charge in [-0.1, -0.05) is 5.57 Å². The van der Waals surface area contributed by atoms with Crippen LogP contribution in [0.4, 0.5) is 0 Å². The number of hydrogen-bond donors (Lipinski definition) is 0. The molecule has 12 heavy (non-hydrogen) atoms. The van der Waals surface area contributed by atoms with E-state index in [0.717, 1.165) is 31.3 Å². The van der Waals surface area contributed by atoms with Gasteiger partial charge in [0.25, 0.3) is 0 Å². The summed E-state index contributed by atoms with van der Waals surface area (Å²) in [4.78, 5) is 11.4. The van der Waals surface area contributed by atoms with Crippen LogP contribution in [0.3, 0.4) is 0 Å². The van der Waals surface area contributed by atoms with E-state index in [1.807, 2.05) is 0 Å². The van der Waals surface area contributed by atoms with E-state index in [1.54, 1.807) is 0 Å². The molecule has 1 aliphatic carbocycles. The first-order chi connectivity index (χ1) is 5.79. The fourth-order valence-electron chi connectivity index (χ4n) is 2.22. The lowest BCUT2D eigenvalue weighted by Crippen LogP contribution is -2.09. The van der Waals surface area contributed by atoms with Crippen LogP contribution in [-0.4, -0.2) is 12.6 Å². The van der Waals surface area contributed by atoms with Crippen molar-refractivity contribution in [3.05, 3.63) is 11.1 Å². The Bertz CT molecular complexity index is 240. The molecule has 1 fully saturated rings. The van der Waals surface area contributed by atoms with Crippen LogP contribution in [0.25, 0.3) is 0 Å². The van der Waals surface area contributed by atoms with Crippen molar-refractivity contribution in [1.29, 1.82) is 0 Å². The van der Waals surface area contributed by atoms with Crippen LogP contribution in [0.2, 0.25) is 0 Å². The lowest BCUT2D eigenvalue weighted by molar-refractivity contribution is -0.138. The summed E-state index contributed by atoms with van der Waals surface area (Å²) in [5.74, 6) is 0.465. The van der Waals surface area contributed by atoms with Crippen LogP contribution < -0.4 is 0 Å². The maximum atomic E-state index is 11.4. The van der Waals surface area contributed by atoms with Gasteiger partial charge in [0.15, 0.2) is 0 Å². The highest BCUT2D eigenvalue weighted by molar-refractivity contribution is 5.90. The Hall–Kier alpha value is -0.790. The van der Waals surface area contributed by atoms with E-state index < -0.39 is 0 Å². The summed E-state index contributed by atoms with van der Waals surface area (Å²) >= 11 is 0. The molecule has 0 radical (unpaired) electrons. The maximum Gasteiger partial charge on any atom is 0.334 e. The normalized spacial score (nSPS) is 29.8. The van der Waals surface area contributed by atoms with Crippen LogP contribution in [0.5, 0.6) is 0 Å². The Morgan fingerprint density at radius 3 is 3.08 bits per heavy atom. The Morgan fingerprint density at radius 1 is 1.42 bits per heavy atom. The lowest BCUT2D eigenvalue weighted by Gasteiger charge is -2.07. The Balaban J connectivity index is 2.29. The quantitative estimate of drug-likeness (QED) is 0.515. The van der Waals surface area contributed by atoms with Gasteiger partial charge in [0.2, 0.25) is 0 Å². The van der Waals surface area contributed by atoms with Gasteiger partial charge in [-0.2, -0.15) is 0 Å². The summed E-state index contributed by atoms with van der Waals surface area (Å²) in [6.45, 7) is 2.67. The summed E-state index contributed by atoms with van der Waals surface area (Å²) in [6, 6.07) is 0. The highest BCUT2D eigenvalue weighted by Crippen LogP contribution is 2.36. The summed E-state index contributed by atoms with van der Waals surface area (Å²) in [5.41, 5.74) is 2.25. The number of carbonyl (C=O) groups is 1. The summed E-state index contributed by atoms with van der Waals surface area (Å²) < 4.78 is 5.09. The molecule has 2 heteroatoms. The fourth-order valence-corrected chi connectivity index (χ4v) is 2.22. The molecule has 2 aliphatic rings. The smallest absolute Gasteiger partial charge is 0.334 e. The number of allylic oxidation sites excluding steroid dienone is 1. The van der Waals surface area contributed by atoms with Gasteiger partial charge in [-0.3, -0.25) is 0 Å². The lowest BCUT2D eigenvalue weighted by atomic mass is 9.97. The first-order valence-corrected chi connectivity index (χ1v) is 4.66. The van der Waals surface area contributed by atoms with Crippen molar-refractivity contribution in [2.45, 2.75) is 32.6 Å². The first kappa shape index (κ1) is 7.84. The molecule has 0 amide bonds. The highest BCUT2D eigenvalue weighted by Gasteiger charge is 2.31. The summed E-state index contributed by atoms with van der Waals surface area (Å²) in [5, 5.41) is 0. The van der Waals surface area contributed by atoms with E-state index in [0.29, 0.717) is 12.5 Å². The molecule has 0 saturated carbocycles. The van der Waals surface area contributed by atoms with E-state index in [4.69, 9.17) is 4.74 Å². The predicted octanol–water partition coefficient (Wildman–Crippen LogP) is 2.05. The topological polar surface area (TPSA) is 26.3 Å². The van der Waals surface area contributed by atoms with Crippen LogP contribution in [0.1, 0.15) is 32.6 Å². The molecule has 0 spiro atoms. The van der Waals surface area contributed by atoms with Crippen LogP contribution in [0, 0.1) is 5.92 Å². The highest BCUT2D eigenvalue weighted by atomic mass is 16.5. The molecule has 0 aromatic heterocycles. The summed E-state index contributed by atoms with van der Waals surface area (Å²) in [6.07, 6.45) is 4.43.